The zero-order valence-electron chi connectivity index (χ0n) is 13.8. The monoisotopic (exact) mass is 347 g/mol. The standard InChI is InChI=1S/C18H22FN3O3/c19-12-5-3-11(4-6-12)16-13(7-20-21-16)17(23)22-8-14(10-1-2-10)15(9-22)18(24)25/h3-6,10,13-16,20-21H,1-2,7-9H2,(H,24,25)/t13?,14-,15+,16?/m1/s1. The number of amides is 1. The summed E-state index contributed by atoms with van der Waals surface area (Å²) >= 11 is 0. The van der Waals surface area contributed by atoms with Gasteiger partial charge < -0.3 is 10.0 Å². The van der Waals surface area contributed by atoms with E-state index in [1.807, 2.05) is 0 Å². The van der Waals surface area contributed by atoms with E-state index in [1.165, 1.54) is 12.1 Å². The molecule has 4 rings (SSSR count). The van der Waals surface area contributed by atoms with Gasteiger partial charge in [0.25, 0.3) is 0 Å². The summed E-state index contributed by atoms with van der Waals surface area (Å²) in [6.07, 6.45) is 2.14. The van der Waals surface area contributed by atoms with E-state index in [-0.39, 0.29) is 29.6 Å². The molecule has 1 aromatic rings. The Hall–Kier alpha value is -1.99. The summed E-state index contributed by atoms with van der Waals surface area (Å²) in [5.74, 6) is -1.39. The summed E-state index contributed by atoms with van der Waals surface area (Å²) in [6, 6.07) is 5.89. The molecule has 3 fully saturated rings. The van der Waals surface area contributed by atoms with Crippen LogP contribution in [0.25, 0.3) is 0 Å². The molecule has 134 valence electrons. The Morgan fingerprint density at radius 1 is 1.12 bits per heavy atom. The highest BCUT2D eigenvalue weighted by atomic mass is 19.1. The van der Waals surface area contributed by atoms with Gasteiger partial charge in [0, 0.05) is 19.6 Å². The highest BCUT2D eigenvalue weighted by Crippen LogP contribution is 2.44. The number of halogens is 1. The number of carboxylic acids is 1. The molecule has 1 aromatic carbocycles. The molecule has 1 saturated carbocycles. The zero-order valence-corrected chi connectivity index (χ0v) is 13.8. The SMILES string of the molecule is O=C(O)[C@H]1CN(C(=O)C2CNNC2c2ccc(F)cc2)C[C@@H]1C1CC1. The maximum atomic E-state index is 13.2. The normalized spacial score (nSPS) is 32.1. The molecule has 3 aliphatic rings. The average Bonchev–Trinajstić information content (AvgIpc) is 3.16. The largest absolute Gasteiger partial charge is 0.481 e. The maximum Gasteiger partial charge on any atom is 0.308 e. The molecule has 2 saturated heterocycles. The number of carbonyl (C=O) groups excluding carboxylic acids is 1. The minimum Gasteiger partial charge on any atom is -0.481 e. The number of carboxylic acid groups (broad SMARTS) is 1. The second-order valence-corrected chi connectivity index (χ2v) is 7.35. The molecule has 0 spiro atoms. The van der Waals surface area contributed by atoms with E-state index in [1.54, 1.807) is 17.0 Å². The summed E-state index contributed by atoms with van der Waals surface area (Å²) in [4.78, 5) is 26.3. The molecule has 2 aliphatic heterocycles. The van der Waals surface area contributed by atoms with Gasteiger partial charge in [-0.2, -0.15) is 0 Å². The van der Waals surface area contributed by atoms with Gasteiger partial charge in [-0.25, -0.2) is 9.82 Å². The molecule has 2 heterocycles. The van der Waals surface area contributed by atoms with Crippen molar-refractivity contribution in [2.75, 3.05) is 19.6 Å². The Morgan fingerprint density at radius 2 is 1.84 bits per heavy atom. The molecule has 6 nitrogen and oxygen atoms in total. The van der Waals surface area contributed by atoms with E-state index in [9.17, 15) is 19.1 Å². The Labute approximate surface area is 145 Å². The van der Waals surface area contributed by atoms with Gasteiger partial charge in [-0.3, -0.25) is 15.0 Å². The number of aliphatic carboxylic acids is 1. The quantitative estimate of drug-likeness (QED) is 0.761. The second kappa shape index (κ2) is 6.38. The molecule has 0 bridgehead atoms. The molecule has 2 unspecified atom stereocenters. The van der Waals surface area contributed by atoms with Crippen LogP contribution in [0.2, 0.25) is 0 Å². The molecule has 3 N–H and O–H groups in total. The first-order valence-corrected chi connectivity index (χ1v) is 8.80. The predicted molar refractivity (Wildman–Crippen MR) is 87.7 cm³/mol. The minimum atomic E-state index is -0.801. The van der Waals surface area contributed by atoms with E-state index < -0.39 is 11.9 Å². The second-order valence-electron chi connectivity index (χ2n) is 7.35. The van der Waals surface area contributed by atoms with Gasteiger partial charge in [-0.15, -0.1) is 0 Å². The smallest absolute Gasteiger partial charge is 0.308 e. The predicted octanol–water partition coefficient (Wildman–Crippen LogP) is 1.16. The van der Waals surface area contributed by atoms with E-state index in [2.05, 4.69) is 10.9 Å². The molecular formula is C18H22FN3O3. The van der Waals surface area contributed by atoms with Crippen molar-refractivity contribution in [1.29, 1.82) is 0 Å². The fraction of sp³-hybridized carbons (Fsp3) is 0.556. The summed E-state index contributed by atoms with van der Waals surface area (Å²) in [5.41, 5.74) is 6.95. The van der Waals surface area contributed by atoms with Crippen LogP contribution in [0.4, 0.5) is 4.39 Å². The summed E-state index contributed by atoms with van der Waals surface area (Å²) < 4.78 is 13.2. The third-order valence-corrected chi connectivity index (χ3v) is 5.75. The van der Waals surface area contributed by atoms with Gasteiger partial charge in [0.15, 0.2) is 0 Å². The first-order valence-electron chi connectivity index (χ1n) is 8.80. The van der Waals surface area contributed by atoms with Crippen LogP contribution in [0.1, 0.15) is 24.4 Å². The lowest BCUT2D eigenvalue weighted by molar-refractivity contribution is -0.143. The highest BCUT2D eigenvalue weighted by Gasteiger charge is 2.48. The van der Waals surface area contributed by atoms with Crippen LogP contribution < -0.4 is 10.9 Å². The molecule has 0 aromatic heterocycles. The van der Waals surface area contributed by atoms with Gasteiger partial charge in [0.1, 0.15) is 5.82 Å². The van der Waals surface area contributed by atoms with E-state index in [0.717, 1.165) is 18.4 Å². The number of hydrazine groups is 1. The van der Waals surface area contributed by atoms with Crippen LogP contribution in [-0.2, 0) is 9.59 Å². The number of benzene rings is 1. The number of carbonyl (C=O) groups is 2. The third kappa shape index (κ3) is 3.14. The van der Waals surface area contributed by atoms with Gasteiger partial charge in [0.2, 0.25) is 5.91 Å². The van der Waals surface area contributed by atoms with Gasteiger partial charge in [-0.1, -0.05) is 12.1 Å². The van der Waals surface area contributed by atoms with Crippen LogP contribution in [0.15, 0.2) is 24.3 Å². The van der Waals surface area contributed by atoms with Crippen molar-refractivity contribution < 1.29 is 19.1 Å². The summed E-state index contributed by atoms with van der Waals surface area (Å²) in [7, 11) is 0. The number of hydrogen-bond acceptors (Lipinski definition) is 4. The van der Waals surface area contributed by atoms with Gasteiger partial charge in [-0.05, 0) is 42.4 Å². The van der Waals surface area contributed by atoms with Crippen molar-refractivity contribution >= 4 is 11.9 Å². The lowest BCUT2D eigenvalue weighted by Crippen LogP contribution is -2.38. The minimum absolute atomic E-state index is 0.0266. The van der Waals surface area contributed by atoms with Crippen LogP contribution in [0.3, 0.4) is 0 Å². The molecule has 7 heteroatoms. The third-order valence-electron chi connectivity index (χ3n) is 5.75. The number of nitrogens with one attached hydrogen (secondary N) is 2. The average molecular weight is 347 g/mol. The summed E-state index contributed by atoms with van der Waals surface area (Å²) in [6.45, 7) is 1.30. The molecule has 1 amide bonds. The van der Waals surface area contributed by atoms with Crippen molar-refractivity contribution in [2.45, 2.75) is 18.9 Å². The molecule has 25 heavy (non-hydrogen) atoms. The van der Waals surface area contributed by atoms with Crippen molar-refractivity contribution in [3.8, 4) is 0 Å². The van der Waals surface area contributed by atoms with E-state index in [0.29, 0.717) is 25.6 Å². The van der Waals surface area contributed by atoms with Crippen LogP contribution >= 0.6 is 0 Å². The van der Waals surface area contributed by atoms with Crippen LogP contribution in [0.5, 0.6) is 0 Å². The lowest BCUT2D eigenvalue weighted by atomic mass is 9.92. The molecule has 1 aliphatic carbocycles. The molecule has 0 radical (unpaired) electrons. The first kappa shape index (κ1) is 16.5. The van der Waals surface area contributed by atoms with Crippen molar-refractivity contribution in [1.82, 2.24) is 15.8 Å². The van der Waals surface area contributed by atoms with Crippen LogP contribution in [0, 0.1) is 29.5 Å². The number of hydrogen-bond donors (Lipinski definition) is 3. The summed E-state index contributed by atoms with van der Waals surface area (Å²) in [5, 5.41) is 9.48. The Balaban J connectivity index is 1.50. The van der Waals surface area contributed by atoms with Gasteiger partial charge >= 0.3 is 5.97 Å². The molecule has 4 atom stereocenters. The fourth-order valence-corrected chi connectivity index (χ4v) is 4.22. The first-order chi connectivity index (χ1) is 12.0. The van der Waals surface area contributed by atoms with Crippen LogP contribution in [-0.4, -0.2) is 41.5 Å². The molecular weight excluding hydrogens is 325 g/mol. The Bertz CT molecular complexity index is 677. The van der Waals surface area contributed by atoms with E-state index >= 15 is 0 Å². The van der Waals surface area contributed by atoms with Crippen molar-refractivity contribution in [3.63, 3.8) is 0 Å². The van der Waals surface area contributed by atoms with Gasteiger partial charge in [0.05, 0.1) is 17.9 Å². The Morgan fingerprint density at radius 3 is 2.48 bits per heavy atom. The van der Waals surface area contributed by atoms with Crippen molar-refractivity contribution in [3.05, 3.63) is 35.6 Å². The lowest BCUT2D eigenvalue weighted by Gasteiger charge is -2.24. The van der Waals surface area contributed by atoms with E-state index in [4.69, 9.17) is 0 Å². The number of likely N-dealkylation sites (tertiary alicyclic amines) is 1. The number of rotatable bonds is 4. The maximum absolute atomic E-state index is 13.2. The number of nitrogens with zero attached hydrogens (tertiary/aromatic N) is 1. The Kier molecular flexibility index (Phi) is 4.21. The van der Waals surface area contributed by atoms with Crippen molar-refractivity contribution in [2.24, 2.45) is 23.7 Å². The zero-order chi connectivity index (χ0) is 17.6. The highest BCUT2D eigenvalue weighted by molar-refractivity contribution is 5.82. The topological polar surface area (TPSA) is 81.7 Å². The fourth-order valence-electron chi connectivity index (χ4n) is 4.22.